The van der Waals surface area contributed by atoms with Crippen molar-refractivity contribution in [2.45, 2.75) is 63.4 Å². The fraction of sp³-hybridized carbons (Fsp3) is 1.00. The van der Waals surface area contributed by atoms with Crippen molar-refractivity contribution in [3.8, 4) is 0 Å². The van der Waals surface area contributed by atoms with Crippen molar-refractivity contribution >= 4 is 7.05 Å². The van der Waals surface area contributed by atoms with Gasteiger partial charge in [-0.05, 0) is 45.5 Å². The average Bonchev–Trinajstić information content (AvgIpc) is 2.75. The lowest BCUT2D eigenvalue weighted by atomic mass is 9.81. The molecule has 4 heteroatoms. The Morgan fingerprint density at radius 1 is 1.33 bits per heavy atom. The molecule has 0 spiro atoms. The Morgan fingerprint density at radius 3 is 2.60 bits per heavy atom. The van der Waals surface area contributed by atoms with Crippen LogP contribution in [-0.4, -0.2) is 40.2 Å². The molecule has 0 aromatic rings. The molecule has 1 aliphatic carbocycles. The predicted molar refractivity (Wildman–Crippen MR) is 61.6 cm³/mol. The van der Waals surface area contributed by atoms with Gasteiger partial charge in [0.25, 0.3) is 0 Å². The Hall–Kier alpha value is -0.0551. The third kappa shape index (κ3) is 2.55. The normalized spacial score (nSPS) is 31.0. The first-order valence-corrected chi connectivity index (χ1v) is 6.27. The van der Waals surface area contributed by atoms with Crippen LogP contribution in [0.3, 0.4) is 0 Å². The van der Waals surface area contributed by atoms with E-state index >= 15 is 0 Å². The quantitative estimate of drug-likeness (QED) is 0.690. The average molecular weight is 211 g/mol. The van der Waals surface area contributed by atoms with Gasteiger partial charge in [-0.1, -0.05) is 12.8 Å². The molecular formula is C11H22BNO2. The van der Waals surface area contributed by atoms with Crippen molar-refractivity contribution < 1.29 is 10.1 Å². The molecular weight excluding hydrogens is 189 g/mol. The molecule has 15 heavy (non-hydrogen) atoms. The van der Waals surface area contributed by atoms with Gasteiger partial charge in [0.05, 0.1) is 5.60 Å². The minimum Gasteiger partial charge on any atom is -0.437 e. The number of hydrogen-bond acceptors (Lipinski definition) is 3. The summed E-state index contributed by atoms with van der Waals surface area (Å²) in [6.07, 6.45) is 7.39. The maximum Gasteiger partial charge on any atom is 0.376 e. The fourth-order valence-electron chi connectivity index (χ4n) is 3.24. The lowest BCUT2D eigenvalue weighted by Crippen LogP contribution is -2.44. The van der Waals surface area contributed by atoms with Crippen molar-refractivity contribution in [1.82, 2.24) is 4.81 Å². The molecule has 3 nitrogen and oxygen atoms in total. The second kappa shape index (κ2) is 4.44. The zero-order valence-corrected chi connectivity index (χ0v) is 9.65. The lowest BCUT2D eigenvalue weighted by Gasteiger charge is -2.32. The maximum absolute atomic E-state index is 10.3. The molecule has 86 valence electrons. The Labute approximate surface area is 92.6 Å². The minimum atomic E-state index is -0.428. The molecule has 2 aliphatic rings. The van der Waals surface area contributed by atoms with Crippen molar-refractivity contribution in [1.29, 1.82) is 0 Å². The van der Waals surface area contributed by atoms with Crippen molar-refractivity contribution in [3.63, 3.8) is 0 Å². The van der Waals surface area contributed by atoms with E-state index in [1.807, 2.05) is 6.82 Å². The summed E-state index contributed by atoms with van der Waals surface area (Å²) in [4.78, 5) is 2.14. The summed E-state index contributed by atoms with van der Waals surface area (Å²) >= 11 is 0. The van der Waals surface area contributed by atoms with Gasteiger partial charge in [0.1, 0.15) is 0 Å². The van der Waals surface area contributed by atoms with E-state index in [0.717, 1.165) is 51.5 Å². The molecule has 1 heterocycles. The smallest absolute Gasteiger partial charge is 0.376 e. The molecule has 0 amide bonds. The Kier molecular flexibility index (Phi) is 3.38. The van der Waals surface area contributed by atoms with Crippen LogP contribution >= 0.6 is 0 Å². The van der Waals surface area contributed by atoms with Crippen LogP contribution in [0.2, 0.25) is 6.82 Å². The SMILES string of the molecule is CB(O)N1CCC[C@H]1CC1(O)CCCC1. The molecule has 2 fully saturated rings. The summed E-state index contributed by atoms with van der Waals surface area (Å²) < 4.78 is 0. The third-order valence-electron chi connectivity index (χ3n) is 4.05. The number of aliphatic hydroxyl groups is 1. The number of nitrogens with zero attached hydrogens (tertiary/aromatic N) is 1. The van der Waals surface area contributed by atoms with Crippen LogP contribution < -0.4 is 0 Å². The molecule has 1 atom stereocenters. The van der Waals surface area contributed by atoms with Crippen molar-refractivity contribution in [2.24, 2.45) is 0 Å². The molecule has 0 aromatic carbocycles. The summed E-state index contributed by atoms with van der Waals surface area (Å²) in [5, 5.41) is 20.0. The van der Waals surface area contributed by atoms with Crippen molar-refractivity contribution in [2.75, 3.05) is 6.54 Å². The van der Waals surface area contributed by atoms with Gasteiger partial charge in [0, 0.05) is 6.04 Å². The van der Waals surface area contributed by atoms with Crippen LogP contribution in [-0.2, 0) is 0 Å². The summed E-state index contributed by atoms with van der Waals surface area (Å²) in [7, 11) is -0.359. The third-order valence-corrected chi connectivity index (χ3v) is 4.05. The summed E-state index contributed by atoms with van der Waals surface area (Å²) in [6, 6.07) is 0.396. The standard InChI is InChI=1S/C11H22BNO2/c1-12(15)13-8-4-5-10(13)9-11(14)6-2-3-7-11/h10,14-15H,2-9H2,1H3/t10-/m0/s1. The highest BCUT2D eigenvalue weighted by atomic mass is 16.3. The molecule has 1 saturated heterocycles. The van der Waals surface area contributed by atoms with E-state index in [-0.39, 0.29) is 7.05 Å². The highest BCUT2D eigenvalue weighted by molar-refractivity contribution is 6.45. The Balaban J connectivity index is 1.92. The molecule has 1 aliphatic heterocycles. The first-order chi connectivity index (χ1) is 7.11. The Bertz CT molecular complexity index is 217. The van der Waals surface area contributed by atoms with E-state index in [9.17, 15) is 10.1 Å². The van der Waals surface area contributed by atoms with E-state index in [2.05, 4.69) is 4.81 Å². The highest BCUT2D eigenvalue weighted by Crippen LogP contribution is 2.36. The van der Waals surface area contributed by atoms with Gasteiger partial charge in [-0.2, -0.15) is 0 Å². The van der Waals surface area contributed by atoms with Crippen LogP contribution in [0.1, 0.15) is 44.9 Å². The predicted octanol–water partition coefficient (Wildman–Crippen LogP) is 1.26. The van der Waals surface area contributed by atoms with E-state index in [0.29, 0.717) is 6.04 Å². The minimum absolute atomic E-state index is 0.359. The monoisotopic (exact) mass is 211 g/mol. The second-order valence-corrected chi connectivity index (χ2v) is 5.30. The molecule has 0 bridgehead atoms. The van der Waals surface area contributed by atoms with Crippen LogP contribution in [0.5, 0.6) is 0 Å². The molecule has 1 saturated carbocycles. The molecule has 0 unspecified atom stereocenters. The molecule has 2 rings (SSSR count). The van der Waals surface area contributed by atoms with E-state index in [1.54, 1.807) is 0 Å². The molecule has 0 radical (unpaired) electrons. The van der Waals surface area contributed by atoms with Crippen LogP contribution in [0.15, 0.2) is 0 Å². The lowest BCUT2D eigenvalue weighted by molar-refractivity contribution is 0.0220. The van der Waals surface area contributed by atoms with Crippen molar-refractivity contribution in [3.05, 3.63) is 0 Å². The highest BCUT2D eigenvalue weighted by Gasteiger charge is 2.38. The number of rotatable bonds is 3. The van der Waals surface area contributed by atoms with Gasteiger partial charge >= 0.3 is 7.05 Å². The van der Waals surface area contributed by atoms with E-state index < -0.39 is 5.60 Å². The first kappa shape index (κ1) is 11.4. The van der Waals surface area contributed by atoms with E-state index in [4.69, 9.17) is 0 Å². The van der Waals surface area contributed by atoms with Gasteiger partial charge in [0.2, 0.25) is 0 Å². The first-order valence-electron chi connectivity index (χ1n) is 6.27. The summed E-state index contributed by atoms with van der Waals surface area (Å²) in [5.41, 5.74) is -0.428. The van der Waals surface area contributed by atoms with E-state index in [1.165, 1.54) is 0 Å². The van der Waals surface area contributed by atoms with Crippen LogP contribution in [0, 0.1) is 0 Å². The number of hydrogen-bond donors (Lipinski definition) is 2. The largest absolute Gasteiger partial charge is 0.437 e. The molecule has 2 N–H and O–H groups in total. The van der Waals surface area contributed by atoms with Gasteiger partial charge in [0.15, 0.2) is 0 Å². The Morgan fingerprint density at radius 2 is 2.00 bits per heavy atom. The maximum atomic E-state index is 10.3. The topological polar surface area (TPSA) is 43.7 Å². The van der Waals surface area contributed by atoms with Crippen LogP contribution in [0.25, 0.3) is 0 Å². The van der Waals surface area contributed by atoms with Gasteiger partial charge in [-0.3, -0.25) is 0 Å². The fourth-order valence-corrected chi connectivity index (χ4v) is 3.24. The van der Waals surface area contributed by atoms with Crippen LogP contribution in [0.4, 0.5) is 0 Å². The second-order valence-electron chi connectivity index (χ2n) is 5.30. The zero-order valence-electron chi connectivity index (χ0n) is 9.65. The molecule has 0 aromatic heterocycles. The van der Waals surface area contributed by atoms with Gasteiger partial charge in [-0.15, -0.1) is 0 Å². The zero-order chi connectivity index (χ0) is 10.9. The summed E-state index contributed by atoms with van der Waals surface area (Å²) in [6.45, 7) is 2.81. The summed E-state index contributed by atoms with van der Waals surface area (Å²) in [5.74, 6) is 0. The van der Waals surface area contributed by atoms with Gasteiger partial charge in [-0.25, -0.2) is 0 Å². The van der Waals surface area contributed by atoms with Gasteiger partial charge < -0.3 is 14.9 Å².